The number of sulfonamides is 1. The topological polar surface area (TPSA) is 141 Å². The lowest BCUT2D eigenvalue weighted by Crippen LogP contribution is -2.33. The predicted molar refractivity (Wildman–Crippen MR) is 113 cm³/mol. The molecule has 13 heteroatoms. The zero-order valence-corrected chi connectivity index (χ0v) is 18.3. The number of likely N-dealkylation sites (N-methyl/N-ethyl adjacent to an activating group) is 1. The van der Waals surface area contributed by atoms with Gasteiger partial charge >= 0.3 is 0 Å². The Morgan fingerprint density at radius 2 is 2.00 bits per heavy atom. The van der Waals surface area contributed by atoms with Crippen molar-refractivity contribution in [1.29, 1.82) is 0 Å². The van der Waals surface area contributed by atoms with Crippen LogP contribution in [0.3, 0.4) is 0 Å². The van der Waals surface area contributed by atoms with Gasteiger partial charge in [-0.25, -0.2) is 13.4 Å². The second-order valence-corrected chi connectivity index (χ2v) is 8.94. The first-order valence-corrected chi connectivity index (χ1v) is 11.5. The van der Waals surface area contributed by atoms with Crippen LogP contribution >= 0.6 is 11.3 Å². The number of aromatic nitrogens is 1. The molecule has 0 radical (unpaired) electrons. The maximum absolute atomic E-state index is 13.1. The second-order valence-electron chi connectivity index (χ2n) is 6.02. The summed E-state index contributed by atoms with van der Waals surface area (Å²) in [6.45, 7) is 1.41. The minimum atomic E-state index is -3.82. The summed E-state index contributed by atoms with van der Waals surface area (Å²) in [5, 5.41) is 23.6. The Morgan fingerprint density at radius 3 is 2.55 bits per heavy atom. The molecule has 1 aromatic carbocycles. The Kier molecular flexibility index (Phi) is 9.45. The molecule has 0 unspecified atom stereocenters. The van der Waals surface area contributed by atoms with Gasteiger partial charge in [-0.05, 0) is 12.1 Å². The third kappa shape index (κ3) is 6.77. The molecule has 1 aromatic heterocycles. The number of thiazole rings is 1. The first-order valence-electron chi connectivity index (χ1n) is 9.28. The van der Waals surface area contributed by atoms with E-state index in [4.69, 9.17) is 15.1 Å². The van der Waals surface area contributed by atoms with Crippen molar-refractivity contribution in [3.05, 3.63) is 41.2 Å². The van der Waals surface area contributed by atoms with E-state index >= 15 is 0 Å². The average Bonchev–Trinajstić information content (AvgIpc) is 3.16. The number of amides is 1. The fourth-order valence-electron chi connectivity index (χ4n) is 2.43. The average molecular weight is 475 g/mol. The smallest absolute Gasteiger partial charge is 0.280 e. The highest BCUT2D eigenvalue weighted by molar-refractivity contribution is 7.89. The number of rotatable bonds is 12. The summed E-state index contributed by atoms with van der Waals surface area (Å²) in [5.41, 5.74) is 0.0721. The number of aliphatic hydroxyl groups excluding tert-OH is 2. The molecular formula is C18H23FN4O6S2. The van der Waals surface area contributed by atoms with Crippen LogP contribution in [-0.2, 0) is 19.7 Å². The molecule has 0 saturated carbocycles. The Balaban J connectivity index is 2.29. The molecule has 31 heavy (non-hydrogen) atoms. The fourth-order valence-corrected chi connectivity index (χ4v) is 4.41. The van der Waals surface area contributed by atoms with E-state index in [9.17, 15) is 17.6 Å². The van der Waals surface area contributed by atoms with Crippen LogP contribution < -0.4 is 5.32 Å². The van der Waals surface area contributed by atoms with Crippen LogP contribution in [0, 0.1) is 5.13 Å². The number of halogens is 1. The van der Waals surface area contributed by atoms with Gasteiger partial charge in [0.2, 0.25) is 10.0 Å². The highest BCUT2D eigenvalue weighted by Crippen LogP contribution is 2.19. The molecule has 1 heterocycles. The maximum atomic E-state index is 13.1. The van der Waals surface area contributed by atoms with E-state index in [-0.39, 0.29) is 54.2 Å². The van der Waals surface area contributed by atoms with E-state index in [1.165, 1.54) is 24.3 Å². The molecule has 0 aliphatic heterocycles. The lowest BCUT2D eigenvalue weighted by Gasteiger charge is -2.19. The zero-order valence-electron chi connectivity index (χ0n) is 16.7. The van der Waals surface area contributed by atoms with E-state index in [1.807, 2.05) is 0 Å². The van der Waals surface area contributed by atoms with Gasteiger partial charge in [0.25, 0.3) is 5.91 Å². The summed E-state index contributed by atoms with van der Waals surface area (Å²) in [6.07, 6.45) is 1.26. The Hall–Kier alpha value is -2.45. The third-order valence-corrected chi connectivity index (χ3v) is 6.62. The number of hydrogen-bond acceptors (Lipinski definition) is 9. The van der Waals surface area contributed by atoms with E-state index in [0.717, 1.165) is 10.5 Å². The number of aliphatic hydroxyl groups is 2. The molecule has 10 nitrogen and oxygen atoms in total. The minimum absolute atomic E-state index is 0.0190. The summed E-state index contributed by atoms with van der Waals surface area (Å²) in [7, 11) is -3.82. The molecule has 170 valence electrons. The van der Waals surface area contributed by atoms with E-state index < -0.39 is 21.1 Å². The Labute approximate surface area is 183 Å². The number of anilines is 1. The van der Waals surface area contributed by atoms with Crippen molar-refractivity contribution < 1.29 is 32.7 Å². The minimum Gasteiger partial charge on any atom is -0.396 e. The highest BCUT2D eigenvalue weighted by atomic mass is 32.2. The normalized spacial score (nSPS) is 12.2. The molecule has 0 aliphatic carbocycles. The van der Waals surface area contributed by atoms with Crippen LogP contribution in [0.1, 0.15) is 18.9 Å². The van der Waals surface area contributed by atoms with Crippen LogP contribution in [0.15, 0.2) is 40.5 Å². The van der Waals surface area contributed by atoms with Gasteiger partial charge in [0.15, 0.2) is 16.0 Å². The molecule has 0 atom stereocenters. The quantitative estimate of drug-likeness (QED) is 0.237. The van der Waals surface area contributed by atoms with Crippen LogP contribution in [-0.4, -0.2) is 72.4 Å². The number of benzene rings is 1. The Bertz CT molecular complexity index is 995. The number of carbonyl (C=O) groups excluding carboxylic acids is 1. The van der Waals surface area contributed by atoms with Gasteiger partial charge in [-0.1, -0.05) is 35.5 Å². The lowest BCUT2D eigenvalue weighted by atomic mass is 10.1. The van der Waals surface area contributed by atoms with Gasteiger partial charge in [0.1, 0.15) is 6.61 Å². The molecule has 3 N–H and O–H groups in total. The molecule has 0 saturated heterocycles. The summed E-state index contributed by atoms with van der Waals surface area (Å²) in [6, 6.07) is 5.39. The van der Waals surface area contributed by atoms with Crippen LogP contribution in [0.2, 0.25) is 0 Å². The fraction of sp³-hybridized carbons (Fsp3) is 0.389. The number of carbonyl (C=O) groups is 1. The molecule has 0 spiro atoms. The molecular weight excluding hydrogens is 451 g/mol. The van der Waals surface area contributed by atoms with Gasteiger partial charge in [-0.3, -0.25) is 10.1 Å². The molecule has 0 bridgehead atoms. The van der Waals surface area contributed by atoms with Crippen molar-refractivity contribution in [1.82, 2.24) is 9.29 Å². The van der Waals surface area contributed by atoms with Crippen molar-refractivity contribution in [2.75, 3.05) is 38.2 Å². The van der Waals surface area contributed by atoms with Crippen LogP contribution in [0.4, 0.5) is 9.52 Å². The van der Waals surface area contributed by atoms with Gasteiger partial charge < -0.3 is 15.1 Å². The van der Waals surface area contributed by atoms with Crippen molar-refractivity contribution in [2.24, 2.45) is 5.16 Å². The van der Waals surface area contributed by atoms with Crippen LogP contribution in [0.25, 0.3) is 0 Å². The SMILES string of the molecule is CCN(CCO)S(=O)(=O)c1ccc(C(=NOCCCO)C(=O)Nc2ncc(F)s2)cc1. The van der Waals surface area contributed by atoms with Crippen molar-refractivity contribution in [3.63, 3.8) is 0 Å². The monoisotopic (exact) mass is 474 g/mol. The van der Waals surface area contributed by atoms with Gasteiger partial charge in [-0.15, -0.1) is 0 Å². The molecule has 0 fully saturated rings. The second kappa shape index (κ2) is 11.8. The summed E-state index contributed by atoms with van der Waals surface area (Å²) in [4.78, 5) is 21.4. The standard InChI is InChI=1S/C18H23FN4O6S2/c1-2-23(8-10-25)31(27,28)14-6-4-13(5-7-14)16(22-29-11-3-9-24)17(26)21-18-20-12-15(19)30-18/h4-7,12,24-25H,2-3,8-11H2,1H3,(H,20,21,26). The molecule has 2 rings (SSSR count). The van der Waals surface area contributed by atoms with Crippen molar-refractivity contribution in [2.45, 2.75) is 18.2 Å². The Morgan fingerprint density at radius 1 is 1.29 bits per heavy atom. The summed E-state index contributed by atoms with van der Waals surface area (Å²) >= 11 is 0.633. The number of hydrogen-bond donors (Lipinski definition) is 3. The van der Waals surface area contributed by atoms with Gasteiger partial charge in [-0.2, -0.15) is 8.70 Å². The van der Waals surface area contributed by atoms with Crippen LogP contribution in [0.5, 0.6) is 0 Å². The predicted octanol–water partition coefficient (Wildman–Crippen LogP) is 1.03. The summed E-state index contributed by atoms with van der Waals surface area (Å²) in [5.74, 6) is -0.732. The van der Waals surface area contributed by atoms with Gasteiger partial charge in [0.05, 0.1) is 17.7 Å². The third-order valence-electron chi connectivity index (χ3n) is 3.93. The lowest BCUT2D eigenvalue weighted by molar-refractivity contribution is -0.110. The van der Waals surface area contributed by atoms with Crippen molar-refractivity contribution >= 4 is 38.1 Å². The molecule has 2 aromatic rings. The highest BCUT2D eigenvalue weighted by Gasteiger charge is 2.24. The molecule has 0 aliphatic rings. The summed E-state index contributed by atoms with van der Waals surface area (Å²) < 4.78 is 39.6. The largest absolute Gasteiger partial charge is 0.396 e. The van der Waals surface area contributed by atoms with E-state index in [2.05, 4.69) is 15.5 Å². The number of nitrogens with one attached hydrogen (secondary N) is 1. The van der Waals surface area contributed by atoms with Gasteiger partial charge in [0, 0.05) is 31.7 Å². The van der Waals surface area contributed by atoms with E-state index in [1.54, 1.807) is 6.92 Å². The van der Waals surface area contributed by atoms with E-state index in [0.29, 0.717) is 17.8 Å². The number of oxime groups is 1. The first-order chi connectivity index (χ1) is 14.8. The molecule has 1 amide bonds. The van der Waals surface area contributed by atoms with Crippen molar-refractivity contribution in [3.8, 4) is 0 Å². The zero-order chi connectivity index (χ0) is 22.9. The first kappa shape index (κ1) is 24.8. The number of nitrogens with zero attached hydrogens (tertiary/aromatic N) is 3. The maximum Gasteiger partial charge on any atom is 0.280 e.